The van der Waals surface area contributed by atoms with E-state index in [4.69, 9.17) is 13.6 Å². The molecule has 0 atom stereocenters. The first-order valence-corrected chi connectivity index (χ1v) is 9.60. The van der Waals surface area contributed by atoms with Crippen molar-refractivity contribution in [1.29, 1.82) is 0 Å². The van der Waals surface area contributed by atoms with Crippen LogP contribution >= 0.6 is 7.82 Å². The van der Waals surface area contributed by atoms with Crippen LogP contribution in [0.3, 0.4) is 0 Å². The van der Waals surface area contributed by atoms with E-state index in [-0.39, 0.29) is 11.4 Å². The van der Waals surface area contributed by atoms with Gasteiger partial charge in [-0.25, -0.2) is 4.57 Å². The molecule has 1 aromatic rings. The van der Waals surface area contributed by atoms with Gasteiger partial charge in [-0.05, 0) is 52.8 Å². The maximum atomic E-state index is 12.7. The smallest absolute Gasteiger partial charge is 0.409 e. The Hall–Kier alpha value is -1.83. The van der Waals surface area contributed by atoms with Gasteiger partial charge in [0.05, 0.1) is 17.8 Å². The second-order valence-corrected chi connectivity index (χ2v) is 7.67. The minimum Gasteiger partial charge on any atom is -0.409 e. The highest BCUT2D eigenvalue weighted by Crippen LogP contribution is 2.53. The van der Waals surface area contributed by atoms with Gasteiger partial charge in [-0.2, -0.15) is 13.2 Å². The lowest BCUT2D eigenvalue weighted by atomic mass is 10.2. The van der Waals surface area contributed by atoms with Crippen molar-refractivity contribution in [3.05, 3.63) is 41.7 Å². The highest BCUT2D eigenvalue weighted by atomic mass is 31.2. The zero-order chi connectivity index (χ0) is 20.8. The third-order valence-corrected chi connectivity index (χ3v) is 4.60. The summed E-state index contributed by atoms with van der Waals surface area (Å²) in [6.07, 6.45) is -4.49. The second kappa shape index (κ2) is 9.39. The predicted molar refractivity (Wildman–Crippen MR) is 95.0 cm³/mol. The van der Waals surface area contributed by atoms with Gasteiger partial charge in [0.1, 0.15) is 5.76 Å². The number of carbonyl (C=O) groups excluding carboxylic acids is 1. The van der Waals surface area contributed by atoms with E-state index in [9.17, 15) is 22.5 Å². The normalized spacial score (nSPS) is 13.2. The number of carbonyl (C=O) groups is 1. The molecular formula is C17H23F3NO5P. The van der Waals surface area contributed by atoms with E-state index >= 15 is 0 Å². The fourth-order valence-corrected chi connectivity index (χ4v) is 3.50. The molecule has 6 nitrogen and oxygen atoms in total. The summed E-state index contributed by atoms with van der Waals surface area (Å²) in [6, 6.07) is 4.18. The van der Waals surface area contributed by atoms with E-state index in [2.05, 4.69) is 5.32 Å². The number of hydrogen-bond acceptors (Lipinski definition) is 5. The second-order valence-electron chi connectivity index (χ2n) is 6.17. The molecule has 0 spiro atoms. The van der Waals surface area contributed by atoms with Crippen molar-refractivity contribution in [2.24, 2.45) is 0 Å². The highest BCUT2D eigenvalue weighted by Gasteiger charge is 2.32. The molecular weight excluding hydrogens is 386 g/mol. The summed E-state index contributed by atoms with van der Waals surface area (Å²) < 4.78 is 66.2. The zero-order valence-corrected chi connectivity index (χ0v) is 16.6. The van der Waals surface area contributed by atoms with Crippen molar-refractivity contribution in [3.63, 3.8) is 0 Å². The van der Waals surface area contributed by atoms with Gasteiger partial charge < -0.3 is 9.84 Å². The fourth-order valence-electron chi connectivity index (χ4n) is 1.92. The molecule has 0 aliphatic heterocycles. The number of phosphoric ester groups is 1. The van der Waals surface area contributed by atoms with Crippen LogP contribution in [0.25, 0.3) is 0 Å². The monoisotopic (exact) mass is 409 g/mol. The van der Waals surface area contributed by atoms with Crippen LogP contribution in [0.5, 0.6) is 0 Å². The van der Waals surface area contributed by atoms with E-state index in [1.165, 1.54) is 19.1 Å². The average Bonchev–Trinajstić information content (AvgIpc) is 2.43. The minimum absolute atomic E-state index is 0.0427. The van der Waals surface area contributed by atoms with Gasteiger partial charge in [-0.3, -0.25) is 13.8 Å². The molecule has 1 amide bonds. The first kappa shape index (κ1) is 23.2. The number of halogens is 3. The SMILES string of the molecule is C/C(=C/C(=O)Nc1cccc(C(F)(F)F)c1)OP(=O)(OC(C)C)OC(C)C. The van der Waals surface area contributed by atoms with Gasteiger partial charge in [0, 0.05) is 11.8 Å². The molecule has 0 fully saturated rings. The van der Waals surface area contributed by atoms with Gasteiger partial charge in [0.2, 0.25) is 0 Å². The molecule has 0 aromatic heterocycles. The molecule has 10 heteroatoms. The van der Waals surface area contributed by atoms with Crippen LogP contribution in [-0.4, -0.2) is 18.1 Å². The van der Waals surface area contributed by atoms with Crippen molar-refractivity contribution < 1.29 is 36.1 Å². The Bertz CT molecular complexity index is 718. The largest absolute Gasteiger partial charge is 0.530 e. The van der Waals surface area contributed by atoms with Crippen LogP contribution in [0, 0.1) is 0 Å². The Kier molecular flexibility index (Phi) is 8.07. The Labute approximate surface area is 156 Å². The number of nitrogens with one attached hydrogen (secondary N) is 1. The summed E-state index contributed by atoms with van der Waals surface area (Å²) in [6.45, 7) is 7.90. The van der Waals surface area contributed by atoms with E-state index in [1.807, 2.05) is 0 Å². The standard InChI is InChI=1S/C17H23F3NO5P/c1-11(2)24-27(23,25-12(3)4)26-13(5)9-16(22)21-15-8-6-7-14(10-15)17(18,19)20/h6-12H,1-5H3,(H,21,22)/b13-9-. The number of hydrogen-bond donors (Lipinski definition) is 1. The average molecular weight is 409 g/mol. The molecule has 0 aliphatic carbocycles. The van der Waals surface area contributed by atoms with E-state index in [0.29, 0.717) is 0 Å². The molecule has 0 heterocycles. The molecule has 1 N–H and O–H groups in total. The van der Waals surface area contributed by atoms with Crippen LogP contribution in [0.15, 0.2) is 36.1 Å². The Morgan fingerprint density at radius 2 is 1.70 bits per heavy atom. The summed E-state index contributed by atoms with van der Waals surface area (Å²) in [5, 5.41) is 2.29. The molecule has 1 aromatic carbocycles. The third kappa shape index (κ3) is 8.60. The number of allylic oxidation sites excluding steroid dienone is 1. The minimum atomic E-state index is -4.52. The topological polar surface area (TPSA) is 73.9 Å². The maximum absolute atomic E-state index is 12.7. The third-order valence-electron chi connectivity index (χ3n) is 2.73. The number of amides is 1. The lowest BCUT2D eigenvalue weighted by Crippen LogP contribution is -2.12. The molecule has 0 unspecified atom stereocenters. The van der Waals surface area contributed by atoms with Gasteiger partial charge in [0.25, 0.3) is 5.91 Å². The van der Waals surface area contributed by atoms with Crippen molar-refractivity contribution in [2.75, 3.05) is 5.32 Å². The summed E-state index contributed by atoms with van der Waals surface area (Å²) in [7, 11) is -3.95. The van der Waals surface area contributed by atoms with Crippen LogP contribution < -0.4 is 5.32 Å². The van der Waals surface area contributed by atoms with E-state index in [1.54, 1.807) is 27.7 Å². The molecule has 0 aliphatic rings. The molecule has 0 saturated carbocycles. The Morgan fingerprint density at radius 3 is 2.19 bits per heavy atom. The zero-order valence-electron chi connectivity index (χ0n) is 15.7. The summed E-state index contributed by atoms with van der Waals surface area (Å²) in [4.78, 5) is 12.0. The lowest BCUT2D eigenvalue weighted by Gasteiger charge is -2.22. The van der Waals surface area contributed by atoms with Crippen molar-refractivity contribution in [1.82, 2.24) is 0 Å². The van der Waals surface area contributed by atoms with Gasteiger partial charge in [-0.15, -0.1) is 0 Å². The quantitative estimate of drug-likeness (QED) is 0.348. The molecule has 1 rings (SSSR count). The number of rotatable bonds is 8. The van der Waals surface area contributed by atoms with E-state index in [0.717, 1.165) is 18.2 Å². The van der Waals surface area contributed by atoms with Gasteiger partial charge >= 0.3 is 14.0 Å². The molecule has 0 saturated heterocycles. The highest BCUT2D eigenvalue weighted by molar-refractivity contribution is 7.48. The summed E-state index contributed by atoms with van der Waals surface area (Å²) in [5.41, 5.74) is -0.934. The Morgan fingerprint density at radius 1 is 1.15 bits per heavy atom. The van der Waals surface area contributed by atoms with Crippen LogP contribution in [0.2, 0.25) is 0 Å². The maximum Gasteiger partial charge on any atom is 0.530 e. The molecule has 152 valence electrons. The molecule has 0 bridgehead atoms. The number of anilines is 1. The predicted octanol–water partition coefficient (Wildman–Crippen LogP) is 5.52. The van der Waals surface area contributed by atoms with Gasteiger partial charge in [0.15, 0.2) is 0 Å². The van der Waals surface area contributed by atoms with Crippen molar-refractivity contribution >= 4 is 19.4 Å². The van der Waals surface area contributed by atoms with Crippen molar-refractivity contribution in [2.45, 2.75) is 53.0 Å². The first-order valence-electron chi connectivity index (χ1n) is 8.14. The molecule has 27 heavy (non-hydrogen) atoms. The number of benzene rings is 1. The summed E-state index contributed by atoms with van der Waals surface area (Å²) in [5.74, 6) is -0.837. The lowest BCUT2D eigenvalue weighted by molar-refractivity contribution is -0.137. The van der Waals surface area contributed by atoms with Crippen LogP contribution in [-0.2, 0) is 29.1 Å². The van der Waals surface area contributed by atoms with Crippen molar-refractivity contribution in [3.8, 4) is 0 Å². The fraction of sp³-hybridized carbons (Fsp3) is 0.471. The van der Waals surface area contributed by atoms with Crippen LogP contribution in [0.4, 0.5) is 18.9 Å². The number of alkyl halides is 3. The first-order chi connectivity index (χ1) is 12.3. The Balaban J connectivity index is 2.86. The summed E-state index contributed by atoms with van der Waals surface area (Å²) >= 11 is 0. The van der Waals surface area contributed by atoms with E-state index < -0.39 is 37.7 Å². The number of phosphoric acid groups is 1. The van der Waals surface area contributed by atoms with Gasteiger partial charge in [-0.1, -0.05) is 6.07 Å². The molecule has 0 radical (unpaired) electrons. The van der Waals surface area contributed by atoms with Crippen LogP contribution in [0.1, 0.15) is 40.2 Å².